The number of hydrogen-bond donors (Lipinski definition) is 3. The minimum Gasteiger partial charge on any atom is -0.480 e. The molecule has 12 heteroatoms. The summed E-state index contributed by atoms with van der Waals surface area (Å²) in [6, 6.07) is -1.52. The van der Waals surface area contributed by atoms with Crippen LogP contribution in [-0.4, -0.2) is 59.9 Å². The molecule has 1 unspecified atom stereocenters. The number of aliphatic carboxylic acids is 1. The Morgan fingerprint density at radius 3 is 1.31 bits per heavy atom. The summed E-state index contributed by atoms with van der Waals surface area (Å²) in [5.41, 5.74) is 5.35. The largest absolute Gasteiger partial charge is 0.480 e. The molecule has 0 aromatic rings. The van der Waals surface area contributed by atoms with Gasteiger partial charge in [-0.25, -0.2) is 4.57 Å². The van der Waals surface area contributed by atoms with Crippen molar-refractivity contribution in [1.82, 2.24) is 0 Å². The highest BCUT2D eigenvalue weighted by molar-refractivity contribution is 7.47. The molecule has 0 bridgehead atoms. The second-order valence-electron chi connectivity index (χ2n) is 16.9. The number of esters is 2. The Bertz CT molecular complexity index is 1190. The molecular formula is C50H92NO10P. The summed E-state index contributed by atoms with van der Waals surface area (Å²) < 4.78 is 32.8. The van der Waals surface area contributed by atoms with Crippen LogP contribution in [0.4, 0.5) is 0 Å². The molecule has 0 saturated heterocycles. The van der Waals surface area contributed by atoms with E-state index in [0.29, 0.717) is 12.8 Å². The van der Waals surface area contributed by atoms with Gasteiger partial charge in [-0.2, -0.15) is 0 Å². The second kappa shape index (κ2) is 45.3. The number of phosphoric acid groups is 1. The van der Waals surface area contributed by atoms with Gasteiger partial charge in [-0.1, -0.05) is 185 Å². The maximum atomic E-state index is 12.7. The molecule has 0 amide bonds. The van der Waals surface area contributed by atoms with Gasteiger partial charge in [0.25, 0.3) is 0 Å². The Balaban J connectivity index is 4.26. The minimum absolute atomic E-state index is 0.160. The summed E-state index contributed by atoms with van der Waals surface area (Å²) in [5.74, 6) is -2.38. The third-order valence-corrected chi connectivity index (χ3v) is 11.8. The van der Waals surface area contributed by atoms with Gasteiger partial charge >= 0.3 is 25.7 Å². The molecule has 3 atom stereocenters. The molecular weight excluding hydrogens is 806 g/mol. The van der Waals surface area contributed by atoms with Crippen LogP contribution < -0.4 is 5.73 Å². The second-order valence-corrected chi connectivity index (χ2v) is 18.4. The average Bonchev–Trinajstić information content (AvgIpc) is 3.25. The van der Waals surface area contributed by atoms with Crippen molar-refractivity contribution in [3.63, 3.8) is 0 Å². The number of carboxylic acid groups (broad SMARTS) is 1. The van der Waals surface area contributed by atoms with Gasteiger partial charge in [0.2, 0.25) is 0 Å². The van der Waals surface area contributed by atoms with Crippen molar-refractivity contribution in [1.29, 1.82) is 0 Å². The lowest BCUT2D eigenvalue weighted by Gasteiger charge is -2.20. The number of carbonyl (C=O) groups excluding carboxylic acids is 2. The van der Waals surface area contributed by atoms with Crippen LogP contribution in [0.3, 0.4) is 0 Å². The Kier molecular flexibility index (Phi) is 43.6. The van der Waals surface area contributed by atoms with E-state index in [1.807, 2.05) is 0 Å². The van der Waals surface area contributed by atoms with Crippen LogP contribution in [0.2, 0.25) is 0 Å². The average molecular weight is 898 g/mol. The fourth-order valence-corrected chi connectivity index (χ4v) is 7.69. The lowest BCUT2D eigenvalue weighted by molar-refractivity contribution is -0.161. The standard InChI is InChI=1S/C50H92NO10P/c1-3-5-7-9-11-13-15-17-19-21-22-23-24-26-28-30-32-34-36-38-40-42-49(53)61-46(44-59-62(56,57)60-45-47(51)50(54)55)43-58-48(52)41-39-37-35-33-31-29-27-25-20-18-16-14-12-10-8-6-4-2/h12,14,17-20,46-47H,3-11,13,15-16,21-45,51H2,1-2H3,(H,54,55)(H,56,57)/b14-12+,19-17+,20-18+/t46-,47+/m1/s1. The summed E-state index contributed by atoms with van der Waals surface area (Å²) in [6.45, 7) is 2.80. The van der Waals surface area contributed by atoms with Gasteiger partial charge in [-0.05, 0) is 70.6 Å². The molecule has 0 heterocycles. The lowest BCUT2D eigenvalue weighted by atomic mass is 10.0. The maximum Gasteiger partial charge on any atom is 0.472 e. The fourth-order valence-electron chi connectivity index (χ4n) is 6.91. The van der Waals surface area contributed by atoms with Crippen LogP contribution in [0.1, 0.15) is 232 Å². The monoisotopic (exact) mass is 898 g/mol. The van der Waals surface area contributed by atoms with Crippen LogP contribution in [0.15, 0.2) is 36.5 Å². The molecule has 0 aliphatic rings. The van der Waals surface area contributed by atoms with Crippen molar-refractivity contribution in [2.45, 2.75) is 244 Å². The van der Waals surface area contributed by atoms with Gasteiger partial charge < -0.3 is 25.2 Å². The van der Waals surface area contributed by atoms with E-state index >= 15 is 0 Å². The predicted molar refractivity (Wildman–Crippen MR) is 254 cm³/mol. The van der Waals surface area contributed by atoms with Gasteiger partial charge in [0.05, 0.1) is 13.2 Å². The summed E-state index contributed by atoms with van der Waals surface area (Å²) in [7, 11) is -4.72. The quantitative estimate of drug-likeness (QED) is 0.0230. The van der Waals surface area contributed by atoms with Crippen molar-refractivity contribution in [2.75, 3.05) is 19.8 Å². The van der Waals surface area contributed by atoms with Crippen molar-refractivity contribution < 1.29 is 47.5 Å². The molecule has 0 fully saturated rings. The van der Waals surface area contributed by atoms with Crippen LogP contribution in [0.5, 0.6) is 0 Å². The number of allylic oxidation sites excluding steroid dienone is 6. The van der Waals surface area contributed by atoms with E-state index in [4.69, 9.17) is 24.8 Å². The van der Waals surface area contributed by atoms with Crippen LogP contribution in [-0.2, 0) is 37.5 Å². The van der Waals surface area contributed by atoms with E-state index in [-0.39, 0.29) is 19.4 Å². The number of rotatable bonds is 47. The Morgan fingerprint density at radius 2 is 0.855 bits per heavy atom. The zero-order valence-electron chi connectivity index (χ0n) is 39.5. The van der Waals surface area contributed by atoms with E-state index < -0.39 is 51.1 Å². The van der Waals surface area contributed by atoms with E-state index in [2.05, 4.69) is 54.8 Å². The Morgan fingerprint density at radius 1 is 0.500 bits per heavy atom. The molecule has 0 saturated carbocycles. The van der Waals surface area contributed by atoms with Crippen LogP contribution in [0, 0.1) is 0 Å². The van der Waals surface area contributed by atoms with E-state index in [0.717, 1.165) is 51.4 Å². The smallest absolute Gasteiger partial charge is 0.472 e. The third-order valence-electron chi connectivity index (χ3n) is 10.9. The van der Waals surface area contributed by atoms with Crippen molar-refractivity contribution in [3.8, 4) is 0 Å². The normalized spacial score (nSPS) is 13.9. The summed E-state index contributed by atoms with van der Waals surface area (Å²) in [6.07, 6.45) is 50.6. The van der Waals surface area contributed by atoms with Gasteiger partial charge in [-0.15, -0.1) is 0 Å². The van der Waals surface area contributed by atoms with Gasteiger partial charge in [-0.3, -0.25) is 23.4 Å². The first kappa shape index (κ1) is 59.7. The number of phosphoric ester groups is 1. The van der Waals surface area contributed by atoms with E-state index in [9.17, 15) is 23.8 Å². The molecule has 11 nitrogen and oxygen atoms in total. The van der Waals surface area contributed by atoms with Gasteiger partial charge in [0, 0.05) is 12.8 Å². The Labute approximate surface area is 378 Å². The zero-order chi connectivity index (χ0) is 45.6. The highest BCUT2D eigenvalue weighted by Gasteiger charge is 2.28. The first-order valence-corrected chi connectivity index (χ1v) is 26.5. The molecule has 0 aliphatic heterocycles. The molecule has 0 aliphatic carbocycles. The Hall–Kier alpha value is -2.30. The van der Waals surface area contributed by atoms with Gasteiger partial charge in [0.15, 0.2) is 6.10 Å². The first-order valence-electron chi connectivity index (χ1n) is 25.0. The number of unbranched alkanes of at least 4 members (excludes halogenated alkanes) is 27. The molecule has 0 radical (unpaired) electrons. The van der Waals surface area contributed by atoms with E-state index in [1.54, 1.807) is 0 Å². The van der Waals surface area contributed by atoms with Crippen molar-refractivity contribution >= 4 is 25.7 Å². The zero-order valence-corrected chi connectivity index (χ0v) is 40.4. The van der Waals surface area contributed by atoms with E-state index in [1.165, 1.54) is 141 Å². The van der Waals surface area contributed by atoms with Crippen LogP contribution >= 0.6 is 7.82 Å². The third kappa shape index (κ3) is 44.3. The highest BCUT2D eigenvalue weighted by atomic mass is 31.2. The summed E-state index contributed by atoms with van der Waals surface area (Å²) in [5, 5.41) is 8.92. The maximum absolute atomic E-state index is 12.7. The molecule has 0 aromatic heterocycles. The van der Waals surface area contributed by atoms with Crippen molar-refractivity contribution in [2.24, 2.45) is 5.73 Å². The molecule has 62 heavy (non-hydrogen) atoms. The topological polar surface area (TPSA) is 172 Å². The SMILES string of the molecule is CCCCC/C=C/C/C=C/CCCCCCCCCC(=O)OC[C@H](COP(=O)(O)OC[C@H](N)C(=O)O)OC(=O)CCCCCCCCCCCCC/C=C/CCCCCCCC. The molecule has 0 rings (SSSR count). The molecule has 0 aromatic carbocycles. The fraction of sp³-hybridized carbons (Fsp3) is 0.820. The van der Waals surface area contributed by atoms with Crippen molar-refractivity contribution in [3.05, 3.63) is 36.5 Å². The molecule has 0 spiro atoms. The summed E-state index contributed by atoms with van der Waals surface area (Å²) >= 11 is 0. The van der Waals surface area contributed by atoms with Gasteiger partial charge in [0.1, 0.15) is 12.6 Å². The predicted octanol–water partition coefficient (Wildman–Crippen LogP) is 14.0. The highest BCUT2D eigenvalue weighted by Crippen LogP contribution is 2.43. The minimum atomic E-state index is -4.72. The number of hydrogen-bond acceptors (Lipinski definition) is 9. The number of carboxylic acids is 1. The number of ether oxygens (including phenoxy) is 2. The number of carbonyl (C=O) groups is 3. The molecule has 4 N–H and O–H groups in total. The first-order chi connectivity index (χ1) is 30.1. The summed E-state index contributed by atoms with van der Waals surface area (Å²) in [4.78, 5) is 46.1. The lowest BCUT2D eigenvalue weighted by Crippen LogP contribution is -2.34. The molecule has 362 valence electrons. The number of nitrogens with two attached hydrogens (primary N) is 1. The van der Waals surface area contributed by atoms with Crippen LogP contribution in [0.25, 0.3) is 0 Å².